The SMILES string of the molecule is c1ccc(N(c2cccc(-c3cccc4c3-c3ccccc3C43c4ccccc4C4(c5ccccc5-c5ccccc54)c4ccccc43)c2)c2ccc3c4ccccc4n(-c4ccccc4)c3c2)cc1. The molecule has 0 N–H and O–H groups in total. The third-order valence-corrected chi connectivity index (χ3v) is 15.9. The van der Waals surface area contributed by atoms with E-state index in [0.29, 0.717) is 0 Å². The van der Waals surface area contributed by atoms with Gasteiger partial charge in [0.25, 0.3) is 0 Å². The molecule has 11 aromatic carbocycles. The molecular formula is C68H44N2. The van der Waals surface area contributed by atoms with E-state index in [1.54, 1.807) is 0 Å². The smallest absolute Gasteiger partial charge is 0.0720 e. The van der Waals surface area contributed by atoms with Crippen LogP contribution in [0.15, 0.2) is 267 Å². The molecule has 2 spiro atoms. The molecule has 0 unspecified atom stereocenters. The van der Waals surface area contributed by atoms with Crippen LogP contribution in [0.3, 0.4) is 0 Å². The minimum Gasteiger partial charge on any atom is -0.310 e. The summed E-state index contributed by atoms with van der Waals surface area (Å²) in [5, 5.41) is 2.48. The van der Waals surface area contributed by atoms with E-state index in [9.17, 15) is 0 Å². The molecule has 1 aromatic heterocycles. The minimum absolute atomic E-state index is 0.478. The number of hydrogen-bond acceptors (Lipinski definition) is 1. The van der Waals surface area contributed by atoms with Crippen LogP contribution >= 0.6 is 0 Å². The Bertz CT molecular complexity index is 3990. The first-order valence-electron chi connectivity index (χ1n) is 24.4. The van der Waals surface area contributed by atoms with E-state index in [-0.39, 0.29) is 0 Å². The van der Waals surface area contributed by atoms with Gasteiger partial charge in [0, 0.05) is 33.5 Å². The number of anilines is 3. The summed E-state index contributed by atoms with van der Waals surface area (Å²) < 4.78 is 2.40. The lowest BCUT2D eigenvalue weighted by Gasteiger charge is -2.48. The van der Waals surface area contributed by atoms with Gasteiger partial charge < -0.3 is 9.47 Å². The van der Waals surface area contributed by atoms with E-state index in [4.69, 9.17) is 0 Å². The van der Waals surface area contributed by atoms with Crippen molar-refractivity contribution in [3.63, 3.8) is 0 Å². The molecule has 70 heavy (non-hydrogen) atoms. The van der Waals surface area contributed by atoms with E-state index in [1.165, 1.54) is 99.7 Å². The predicted molar refractivity (Wildman–Crippen MR) is 289 cm³/mol. The van der Waals surface area contributed by atoms with Gasteiger partial charge in [-0.3, -0.25) is 0 Å². The summed E-state index contributed by atoms with van der Waals surface area (Å²) in [4.78, 5) is 2.42. The number of nitrogens with zero attached hydrogens (tertiary/aromatic N) is 2. The van der Waals surface area contributed by atoms with Gasteiger partial charge in [-0.25, -0.2) is 0 Å². The molecule has 326 valence electrons. The first-order chi connectivity index (χ1) is 34.8. The van der Waals surface area contributed by atoms with Gasteiger partial charge in [0.05, 0.1) is 21.9 Å². The Balaban J connectivity index is 0.954. The Labute approximate surface area is 407 Å². The molecule has 12 aromatic rings. The van der Waals surface area contributed by atoms with Crippen molar-refractivity contribution in [2.45, 2.75) is 10.8 Å². The molecule has 3 aliphatic rings. The van der Waals surface area contributed by atoms with Crippen LogP contribution in [0.1, 0.15) is 44.5 Å². The molecule has 0 radical (unpaired) electrons. The third-order valence-electron chi connectivity index (χ3n) is 15.9. The first kappa shape index (κ1) is 39.1. The van der Waals surface area contributed by atoms with Crippen LogP contribution < -0.4 is 4.90 Å². The molecule has 0 fully saturated rings. The highest BCUT2D eigenvalue weighted by Crippen LogP contribution is 2.68. The van der Waals surface area contributed by atoms with E-state index in [0.717, 1.165) is 22.7 Å². The molecule has 0 amide bonds. The Hall–Kier alpha value is -8.98. The van der Waals surface area contributed by atoms with E-state index in [1.807, 2.05) is 0 Å². The highest BCUT2D eigenvalue weighted by molar-refractivity contribution is 6.10. The summed E-state index contributed by atoms with van der Waals surface area (Å²) in [6.45, 7) is 0. The van der Waals surface area contributed by atoms with Gasteiger partial charge >= 0.3 is 0 Å². The summed E-state index contributed by atoms with van der Waals surface area (Å²) in [5.41, 5.74) is 24.1. The van der Waals surface area contributed by atoms with Crippen LogP contribution in [0.25, 0.3) is 60.9 Å². The lowest BCUT2D eigenvalue weighted by Crippen LogP contribution is -2.43. The first-order valence-corrected chi connectivity index (χ1v) is 24.4. The molecule has 1 heterocycles. The number of fused-ring (bicyclic) bond motifs is 19. The summed E-state index contributed by atoms with van der Waals surface area (Å²) >= 11 is 0. The fraction of sp³-hybridized carbons (Fsp3) is 0.0294. The van der Waals surface area contributed by atoms with Crippen molar-refractivity contribution in [1.82, 2.24) is 4.57 Å². The van der Waals surface area contributed by atoms with Crippen LogP contribution in [-0.4, -0.2) is 4.57 Å². The van der Waals surface area contributed by atoms with Gasteiger partial charge in [-0.05, 0) is 132 Å². The predicted octanol–water partition coefficient (Wildman–Crippen LogP) is 17.0. The molecule has 0 bridgehead atoms. The minimum atomic E-state index is -0.562. The average Bonchev–Trinajstić information content (AvgIpc) is 4.04. The summed E-state index contributed by atoms with van der Waals surface area (Å²) in [6.07, 6.45) is 0. The van der Waals surface area contributed by atoms with Crippen molar-refractivity contribution in [2.75, 3.05) is 4.90 Å². The van der Waals surface area contributed by atoms with Crippen LogP contribution in [0, 0.1) is 0 Å². The molecule has 0 saturated carbocycles. The fourth-order valence-corrected chi connectivity index (χ4v) is 13.3. The van der Waals surface area contributed by atoms with Crippen molar-refractivity contribution in [3.05, 3.63) is 311 Å². The molecule has 0 atom stereocenters. The third kappa shape index (κ3) is 5.07. The molecule has 3 aliphatic carbocycles. The van der Waals surface area contributed by atoms with Crippen molar-refractivity contribution >= 4 is 38.9 Å². The Morgan fingerprint density at radius 2 is 0.714 bits per heavy atom. The number of rotatable bonds is 5. The number of para-hydroxylation sites is 3. The van der Waals surface area contributed by atoms with Crippen molar-refractivity contribution in [3.8, 4) is 39.1 Å². The maximum Gasteiger partial charge on any atom is 0.0720 e. The van der Waals surface area contributed by atoms with Crippen LogP contribution in [0.2, 0.25) is 0 Å². The quantitative estimate of drug-likeness (QED) is 0.167. The number of benzene rings is 11. The topological polar surface area (TPSA) is 8.17 Å². The Kier molecular flexibility index (Phi) is 8.24. The normalized spacial score (nSPS) is 13.9. The zero-order valence-electron chi connectivity index (χ0n) is 38.3. The summed E-state index contributed by atoms with van der Waals surface area (Å²) in [5.74, 6) is 0. The van der Waals surface area contributed by atoms with Crippen molar-refractivity contribution < 1.29 is 0 Å². The molecule has 0 aliphatic heterocycles. The van der Waals surface area contributed by atoms with Gasteiger partial charge in [-0.15, -0.1) is 0 Å². The van der Waals surface area contributed by atoms with E-state index < -0.39 is 10.8 Å². The van der Waals surface area contributed by atoms with Crippen molar-refractivity contribution in [1.29, 1.82) is 0 Å². The standard InChI is InChI=1S/C68H44N2/c1-3-22-46(23-4-1)69(49-41-42-54-53-29-10-18-40-64(53)70(65(54)44-49)47-24-5-2-6-25-47)48-26-19-21-45(43-48)50-31-20-39-63-66(50)55-30-9-13-34-58(55)68(63)61-37-16-14-35-59(61)67(60-36-15-17-38-62(60)68)56-32-11-7-27-51(56)52-28-8-12-33-57(52)67/h1-44H. The number of hydrogen-bond donors (Lipinski definition) is 0. The average molecular weight is 889 g/mol. The van der Waals surface area contributed by atoms with Crippen molar-refractivity contribution in [2.24, 2.45) is 0 Å². The van der Waals surface area contributed by atoms with E-state index in [2.05, 4.69) is 276 Å². The van der Waals surface area contributed by atoms with Gasteiger partial charge in [-0.1, -0.05) is 212 Å². The summed E-state index contributed by atoms with van der Waals surface area (Å²) in [7, 11) is 0. The van der Waals surface area contributed by atoms with Gasteiger partial charge in [0.15, 0.2) is 0 Å². The molecule has 2 nitrogen and oxygen atoms in total. The highest BCUT2D eigenvalue weighted by atomic mass is 15.1. The molecule has 2 heteroatoms. The summed E-state index contributed by atoms with van der Waals surface area (Å²) in [6, 6.07) is 99.8. The van der Waals surface area contributed by atoms with Crippen LogP contribution in [-0.2, 0) is 10.8 Å². The second-order valence-electron chi connectivity index (χ2n) is 19.1. The second-order valence-corrected chi connectivity index (χ2v) is 19.1. The van der Waals surface area contributed by atoms with E-state index >= 15 is 0 Å². The zero-order chi connectivity index (χ0) is 46.0. The lowest BCUT2D eigenvalue weighted by atomic mass is 9.52. The van der Waals surface area contributed by atoms with Gasteiger partial charge in [0.2, 0.25) is 0 Å². The Morgan fingerprint density at radius 1 is 0.271 bits per heavy atom. The maximum atomic E-state index is 2.43. The molecule has 0 saturated heterocycles. The Morgan fingerprint density at radius 3 is 1.37 bits per heavy atom. The monoisotopic (exact) mass is 888 g/mol. The second kappa shape index (κ2) is 14.8. The molecular weight excluding hydrogens is 845 g/mol. The number of aromatic nitrogens is 1. The van der Waals surface area contributed by atoms with Crippen LogP contribution in [0.4, 0.5) is 17.1 Å². The zero-order valence-corrected chi connectivity index (χ0v) is 38.3. The maximum absolute atomic E-state index is 2.43. The van der Waals surface area contributed by atoms with Gasteiger partial charge in [-0.2, -0.15) is 0 Å². The largest absolute Gasteiger partial charge is 0.310 e. The molecule has 15 rings (SSSR count). The fourth-order valence-electron chi connectivity index (χ4n) is 13.3. The van der Waals surface area contributed by atoms with Gasteiger partial charge in [0.1, 0.15) is 0 Å². The lowest BCUT2D eigenvalue weighted by molar-refractivity contribution is 0.633. The highest BCUT2D eigenvalue weighted by Gasteiger charge is 2.59. The van der Waals surface area contributed by atoms with Crippen LogP contribution in [0.5, 0.6) is 0 Å².